The summed E-state index contributed by atoms with van der Waals surface area (Å²) in [5.41, 5.74) is -0.780. The van der Waals surface area contributed by atoms with Crippen molar-refractivity contribution in [1.82, 2.24) is 19.9 Å². The lowest BCUT2D eigenvalue weighted by Crippen LogP contribution is -2.57. The molecule has 3 saturated heterocycles. The molecular formula is C31H53BrN4O14. The number of halogens is 1. The lowest BCUT2D eigenvalue weighted by molar-refractivity contribution is -0.292. The Kier molecular flexibility index (Phi) is 17.2. The summed E-state index contributed by atoms with van der Waals surface area (Å²) >= 11 is 2.88. The predicted octanol–water partition coefficient (Wildman–Crippen LogP) is -2.72. The van der Waals surface area contributed by atoms with Gasteiger partial charge in [0, 0.05) is 68.0 Å². The van der Waals surface area contributed by atoms with Crippen molar-refractivity contribution in [3.05, 3.63) is 0 Å². The van der Waals surface area contributed by atoms with Crippen LogP contribution < -0.4 is 15.0 Å². The van der Waals surface area contributed by atoms with E-state index in [1.165, 1.54) is 13.8 Å². The number of aliphatic hydroxyl groups excluding tert-OH is 6. The van der Waals surface area contributed by atoms with Crippen LogP contribution >= 0.6 is 16.1 Å². The maximum atomic E-state index is 13.1. The SMILES string of the molecule is C[C@@H]1O[C@@H](OCCNC(=O)CC2(CC(=O)NCCO[C@@H]3O[C@@H](C)[C@@H](O)[C@@H](O)[C@@H]3O)CCN(C(=O)CCCCC(=O)NBr)CC2)[C@@H](O)[C@H](O)[C@@H]1O. The van der Waals surface area contributed by atoms with E-state index in [0.717, 1.165) is 0 Å². The molecule has 0 aliphatic carbocycles. The summed E-state index contributed by atoms with van der Waals surface area (Å²) in [7, 11) is 0. The topological polar surface area (TPSA) is 266 Å². The Labute approximate surface area is 299 Å². The number of aliphatic hydroxyl groups is 6. The van der Waals surface area contributed by atoms with Crippen LogP contribution in [0.2, 0.25) is 0 Å². The fraction of sp³-hybridized carbons (Fsp3) is 0.871. The standard InChI is InChI=1S/C31H53BrN4O14/c1-17-23(41)25(43)27(45)29(49-17)47-13-9-33-20(38)15-31(7-11-36(12-8-31)22(40)6-4-3-5-19(37)35-32)16-21(39)34-10-14-48-30-28(46)26(44)24(42)18(2)50-30/h17-18,23-30,41-46H,3-16H2,1-2H3,(H,33,38)(H,34,39)(H,35,37)/t17-,18-,23+,24+,25+,26+,27-,28-,29+,30+/m0/s1. The molecule has 0 radical (unpaired) electrons. The summed E-state index contributed by atoms with van der Waals surface area (Å²) in [6, 6.07) is 0. The highest BCUT2D eigenvalue weighted by atomic mass is 79.9. The van der Waals surface area contributed by atoms with Crippen LogP contribution in [0.15, 0.2) is 0 Å². The van der Waals surface area contributed by atoms with E-state index in [4.69, 9.17) is 18.9 Å². The molecule has 3 aliphatic heterocycles. The Morgan fingerprint density at radius 2 is 1.14 bits per heavy atom. The van der Waals surface area contributed by atoms with Gasteiger partial charge in [-0.15, -0.1) is 0 Å². The molecule has 288 valence electrons. The summed E-state index contributed by atoms with van der Waals surface area (Å²) in [4.78, 5) is 52.2. The minimum atomic E-state index is -1.48. The van der Waals surface area contributed by atoms with Crippen LogP contribution in [0.5, 0.6) is 0 Å². The summed E-state index contributed by atoms with van der Waals surface area (Å²) in [6.07, 6.45) is -10.00. The number of nitrogens with zero attached hydrogens (tertiary/aromatic N) is 1. The number of hydrogen-bond donors (Lipinski definition) is 9. The normalized spacial score (nSPS) is 32.6. The molecule has 3 fully saturated rings. The van der Waals surface area contributed by atoms with Crippen molar-refractivity contribution in [2.75, 3.05) is 39.4 Å². The largest absolute Gasteiger partial charge is 0.388 e. The van der Waals surface area contributed by atoms with Gasteiger partial charge in [0.2, 0.25) is 23.6 Å². The number of amides is 4. The molecule has 4 amide bonds. The summed E-state index contributed by atoms with van der Waals surface area (Å²) in [5.74, 6) is -0.959. The third-order valence-corrected chi connectivity index (χ3v) is 9.87. The second kappa shape index (κ2) is 20.3. The maximum Gasteiger partial charge on any atom is 0.229 e. The molecule has 0 unspecified atom stereocenters. The van der Waals surface area contributed by atoms with Gasteiger partial charge in [0.1, 0.15) is 36.6 Å². The molecular weight excluding hydrogens is 732 g/mol. The molecule has 50 heavy (non-hydrogen) atoms. The number of unbranched alkanes of at least 4 members (excludes halogenated alkanes) is 1. The van der Waals surface area contributed by atoms with Gasteiger partial charge >= 0.3 is 0 Å². The molecule has 0 saturated carbocycles. The first-order chi connectivity index (χ1) is 23.7. The highest BCUT2D eigenvalue weighted by Gasteiger charge is 2.44. The average molecular weight is 786 g/mol. The first-order valence-electron chi connectivity index (χ1n) is 17.0. The number of carbonyl (C=O) groups is 4. The zero-order valence-electron chi connectivity index (χ0n) is 28.4. The van der Waals surface area contributed by atoms with Crippen LogP contribution in [-0.2, 0) is 38.1 Å². The number of rotatable bonds is 17. The van der Waals surface area contributed by atoms with Gasteiger partial charge in [-0.05, 0) is 44.9 Å². The molecule has 3 aliphatic rings. The monoisotopic (exact) mass is 784 g/mol. The number of nitrogens with one attached hydrogen (secondary N) is 3. The Morgan fingerprint density at radius 1 is 0.700 bits per heavy atom. The maximum absolute atomic E-state index is 13.1. The Hall–Kier alpha value is -2.04. The van der Waals surface area contributed by atoms with E-state index in [-0.39, 0.29) is 69.2 Å². The zero-order chi connectivity index (χ0) is 37.0. The zero-order valence-corrected chi connectivity index (χ0v) is 30.0. The summed E-state index contributed by atoms with van der Waals surface area (Å²) < 4.78 is 24.1. The van der Waals surface area contributed by atoms with Gasteiger partial charge in [-0.1, -0.05) is 0 Å². The van der Waals surface area contributed by atoms with Crippen molar-refractivity contribution in [1.29, 1.82) is 0 Å². The van der Waals surface area contributed by atoms with Crippen molar-refractivity contribution < 1.29 is 68.8 Å². The fourth-order valence-corrected chi connectivity index (χ4v) is 6.45. The molecule has 0 bridgehead atoms. The number of ether oxygens (including phenoxy) is 4. The number of likely N-dealkylation sites (tertiary alicyclic amines) is 1. The number of piperidine rings is 1. The van der Waals surface area contributed by atoms with Crippen LogP contribution in [-0.4, -0.2) is 160 Å². The molecule has 3 rings (SSSR count). The van der Waals surface area contributed by atoms with Crippen LogP contribution in [0, 0.1) is 5.41 Å². The van der Waals surface area contributed by atoms with Crippen molar-refractivity contribution >= 4 is 39.8 Å². The third kappa shape index (κ3) is 12.3. The van der Waals surface area contributed by atoms with E-state index >= 15 is 0 Å². The van der Waals surface area contributed by atoms with E-state index in [9.17, 15) is 49.8 Å². The molecule has 10 atom stereocenters. The lowest BCUT2D eigenvalue weighted by Gasteiger charge is -2.41. The van der Waals surface area contributed by atoms with Gasteiger partial charge < -0.3 is 65.1 Å². The van der Waals surface area contributed by atoms with Crippen LogP contribution in [0.3, 0.4) is 0 Å². The molecule has 9 N–H and O–H groups in total. The Morgan fingerprint density at radius 3 is 1.58 bits per heavy atom. The Balaban J connectivity index is 1.51. The fourth-order valence-electron chi connectivity index (χ4n) is 6.25. The van der Waals surface area contributed by atoms with Crippen LogP contribution in [0.25, 0.3) is 0 Å². The first-order valence-corrected chi connectivity index (χ1v) is 17.8. The number of carbonyl (C=O) groups excluding carboxylic acids is 4. The van der Waals surface area contributed by atoms with Gasteiger partial charge in [0.15, 0.2) is 12.6 Å². The van der Waals surface area contributed by atoms with Gasteiger partial charge in [-0.2, -0.15) is 0 Å². The molecule has 3 heterocycles. The van der Waals surface area contributed by atoms with Crippen LogP contribution in [0.4, 0.5) is 0 Å². The van der Waals surface area contributed by atoms with Crippen molar-refractivity contribution in [2.45, 2.75) is 127 Å². The molecule has 0 aromatic heterocycles. The quantitative estimate of drug-likeness (QED) is 0.0537. The van der Waals surface area contributed by atoms with Crippen molar-refractivity contribution in [2.24, 2.45) is 5.41 Å². The van der Waals surface area contributed by atoms with Gasteiger partial charge in [-0.25, -0.2) is 0 Å². The highest BCUT2D eigenvalue weighted by molar-refractivity contribution is 9.08. The lowest BCUT2D eigenvalue weighted by atomic mass is 9.72. The average Bonchev–Trinajstić information content (AvgIpc) is 3.09. The molecule has 0 spiro atoms. The van der Waals surface area contributed by atoms with Crippen molar-refractivity contribution in [3.63, 3.8) is 0 Å². The van der Waals surface area contributed by atoms with E-state index in [1.54, 1.807) is 4.90 Å². The van der Waals surface area contributed by atoms with E-state index in [0.29, 0.717) is 45.2 Å². The minimum Gasteiger partial charge on any atom is -0.388 e. The third-order valence-electron chi connectivity index (χ3n) is 9.43. The summed E-state index contributed by atoms with van der Waals surface area (Å²) in [5, 5.41) is 65.4. The second-order valence-corrected chi connectivity index (χ2v) is 13.7. The molecule has 0 aromatic rings. The second-order valence-electron chi connectivity index (χ2n) is 13.3. The van der Waals surface area contributed by atoms with Gasteiger partial charge in [0.05, 0.1) is 25.4 Å². The van der Waals surface area contributed by atoms with E-state index in [1.807, 2.05) is 0 Å². The molecule has 0 aromatic carbocycles. The van der Waals surface area contributed by atoms with Crippen molar-refractivity contribution in [3.8, 4) is 0 Å². The smallest absolute Gasteiger partial charge is 0.229 e. The van der Waals surface area contributed by atoms with Gasteiger partial charge in [0.25, 0.3) is 0 Å². The molecule has 19 heteroatoms. The summed E-state index contributed by atoms with van der Waals surface area (Å²) in [6.45, 7) is 3.66. The Bertz CT molecular complexity index is 1060. The van der Waals surface area contributed by atoms with E-state index < -0.39 is 66.8 Å². The highest BCUT2D eigenvalue weighted by Crippen LogP contribution is 2.39. The number of hydrogen-bond acceptors (Lipinski definition) is 14. The predicted molar refractivity (Wildman–Crippen MR) is 176 cm³/mol. The van der Waals surface area contributed by atoms with Crippen LogP contribution in [0.1, 0.15) is 65.2 Å². The molecule has 18 nitrogen and oxygen atoms in total. The van der Waals surface area contributed by atoms with E-state index in [2.05, 4.69) is 31.1 Å². The first kappa shape index (κ1) is 42.4. The minimum absolute atomic E-state index is 0.0225. The van der Waals surface area contributed by atoms with Gasteiger partial charge in [-0.3, -0.25) is 23.5 Å².